The zero-order chi connectivity index (χ0) is 11.7. The monoisotopic (exact) mass is 221 g/mol. The maximum absolute atomic E-state index is 8.87. The molecule has 1 atom stereocenters. The van der Waals surface area contributed by atoms with E-state index in [2.05, 4.69) is 15.2 Å². The Morgan fingerprint density at radius 2 is 2.19 bits per heavy atom. The van der Waals surface area contributed by atoms with Gasteiger partial charge in [0.2, 0.25) is 0 Å². The van der Waals surface area contributed by atoms with E-state index < -0.39 is 0 Å². The van der Waals surface area contributed by atoms with Gasteiger partial charge in [0, 0.05) is 18.4 Å². The summed E-state index contributed by atoms with van der Waals surface area (Å²) in [6.45, 7) is 3.84. The van der Waals surface area contributed by atoms with Crippen molar-refractivity contribution in [2.24, 2.45) is 5.73 Å². The van der Waals surface area contributed by atoms with Crippen molar-refractivity contribution in [3.63, 3.8) is 0 Å². The Labute approximate surface area is 93.1 Å². The number of hydrogen-bond acceptors (Lipinski definition) is 5. The fraction of sp³-hybridized carbons (Fsp3) is 0.500. The Bertz CT molecular complexity index is 507. The second kappa shape index (κ2) is 4.15. The number of rotatable bonds is 3. The van der Waals surface area contributed by atoms with Gasteiger partial charge in [-0.2, -0.15) is 0 Å². The third-order valence-corrected chi connectivity index (χ3v) is 2.48. The van der Waals surface area contributed by atoms with E-state index in [0.717, 1.165) is 17.2 Å². The average molecular weight is 221 g/mol. The van der Waals surface area contributed by atoms with E-state index in [1.807, 2.05) is 24.3 Å². The van der Waals surface area contributed by atoms with Gasteiger partial charge in [-0.1, -0.05) is 0 Å². The highest BCUT2D eigenvalue weighted by atomic mass is 16.3. The predicted molar refractivity (Wildman–Crippen MR) is 58.9 cm³/mol. The molecule has 6 heteroatoms. The van der Waals surface area contributed by atoms with Crippen molar-refractivity contribution in [3.8, 4) is 0 Å². The van der Waals surface area contributed by atoms with Crippen LogP contribution < -0.4 is 5.73 Å². The summed E-state index contributed by atoms with van der Waals surface area (Å²) < 4.78 is 1.83. The van der Waals surface area contributed by atoms with Crippen molar-refractivity contribution in [1.82, 2.24) is 19.6 Å². The van der Waals surface area contributed by atoms with Crippen molar-refractivity contribution in [1.29, 1.82) is 0 Å². The van der Waals surface area contributed by atoms with Crippen LogP contribution in [0.2, 0.25) is 0 Å². The summed E-state index contributed by atoms with van der Waals surface area (Å²) in [5.74, 6) is 1.46. The van der Waals surface area contributed by atoms with Gasteiger partial charge in [0.15, 0.2) is 11.5 Å². The van der Waals surface area contributed by atoms with E-state index in [9.17, 15) is 0 Å². The molecule has 0 saturated carbocycles. The highest BCUT2D eigenvalue weighted by Crippen LogP contribution is 2.15. The summed E-state index contributed by atoms with van der Waals surface area (Å²) in [6.07, 6.45) is 0.466. The molecule has 2 aromatic heterocycles. The first-order chi connectivity index (χ1) is 7.63. The van der Waals surface area contributed by atoms with Crippen molar-refractivity contribution in [3.05, 3.63) is 23.4 Å². The molecular weight excluding hydrogens is 206 g/mol. The third kappa shape index (κ3) is 1.77. The van der Waals surface area contributed by atoms with Gasteiger partial charge < -0.3 is 10.8 Å². The number of nitrogens with two attached hydrogens (primary N) is 1. The largest absolute Gasteiger partial charge is 0.396 e. The smallest absolute Gasteiger partial charge is 0.164 e. The Balaban J connectivity index is 2.55. The van der Waals surface area contributed by atoms with Gasteiger partial charge >= 0.3 is 0 Å². The second-order valence-corrected chi connectivity index (χ2v) is 3.82. The van der Waals surface area contributed by atoms with Crippen LogP contribution in [0.15, 0.2) is 6.07 Å². The summed E-state index contributed by atoms with van der Waals surface area (Å²) >= 11 is 0. The first-order valence-corrected chi connectivity index (χ1v) is 5.19. The minimum absolute atomic E-state index is 0.0361. The molecule has 0 saturated heterocycles. The highest BCUT2D eigenvalue weighted by Gasteiger charge is 2.15. The van der Waals surface area contributed by atoms with Crippen LogP contribution in [0.3, 0.4) is 0 Å². The van der Waals surface area contributed by atoms with Gasteiger partial charge in [-0.15, -0.1) is 10.2 Å². The second-order valence-electron chi connectivity index (χ2n) is 3.82. The SMILES string of the molecule is Cc1cc2nnc(C(N)CCO)n2c(C)n1. The summed E-state index contributed by atoms with van der Waals surface area (Å²) in [5, 5.41) is 17.0. The first kappa shape index (κ1) is 11.0. The fourth-order valence-electron chi connectivity index (χ4n) is 1.77. The Kier molecular flexibility index (Phi) is 2.84. The number of hydrogen-bond donors (Lipinski definition) is 2. The minimum atomic E-state index is -0.316. The molecule has 0 radical (unpaired) electrons. The minimum Gasteiger partial charge on any atom is -0.396 e. The van der Waals surface area contributed by atoms with Gasteiger partial charge in [0.25, 0.3) is 0 Å². The van der Waals surface area contributed by atoms with Gasteiger partial charge in [-0.05, 0) is 20.3 Å². The van der Waals surface area contributed by atoms with Crippen LogP contribution in [-0.2, 0) is 0 Å². The number of aliphatic hydroxyl groups excluding tert-OH is 1. The van der Waals surface area contributed by atoms with Crippen LogP contribution >= 0.6 is 0 Å². The Morgan fingerprint density at radius 1 is 1.44 bits per heavy atom. The number of nitrogens with zero attached hydrogens (tertiary/aromatic N) is 4. The molecule has 0 aliphatic rings. The summed E-state index contributed by atoms with van der Waals surface area (Å²) in [7, 11) is 0. The summed E-state index contributed by atoms with van der Waals surface area (Å²) in [5.41, 5.74) is 7.56. The number of aliphatic hydroxyl groups is 1. The molecule has 86 valence electrons. The molecule has 0 fully saturated rings. The molecule has 2 rings (SSSR count). The standard InChI is InChI=1S/C10H15N5O/c1-6-5-9-13-14-10(8(11)3-4-16)15(9)7(2)12-6/h5,8,16H,3-4,11H2,1-2H3. The van der Waals surface area contributed by atoms with Crippen LogP contribution in [0.5, 0.6) is 0 Å². The predicted octanol–water partition coefficient (Wildman–Crippen LogP) is 0.123. The molecule has 0 bridgehead atoms. The van der Waals surface area contributed by atoms with E-state index in [-0.39, 0.29) is 12.6 Å². The quantitative estimate of drug-likeness (QED) is 0.768. The van der Waals surface area contributed by atoms with Gasteiger partial charge in [-0.3, -0.25) is 4.40 Å². The normalized spacial score (nSPS) is 13.2. The fourth-order valence-corrected chi connectivity index (χ4v) is 1.77. The number of fused-ring (bicyclic) bond motifs is 1. The molecule has 6 nitrogen and oxygen atoms in total. The number of aryl methyl sites for hydroxylation is 2. The van der Waals surface area contributed by atoms with Gasteiger partial charge in [-0.25, -0.2) is 4.98 Å². The molecule has 0 amide bonds. The molecule has 0 aliphatic heterocycles. The van der Waals surface area contributed by atoms with Crippen molar-refractivity contribution in [2.75, 3.05) is 6.61 Å². The molecule has 1 unspecified atom stereocenters. The molecule has 3 N–H and O–H groups in total. The molecule has 2 aromatic rings. The van der Waals surface area contributed by atoms with E-state index in [1.54, 1.807) is 0 Å². The first-order valence-electron chi connectivity index (χ1n) is 5.19. The Hall–Kier alpha value is -1.53. The van der Waals surface area contributed by atoms with Crippen LogP contribution in [0.4, 0.5) is 0 Å². The molecule has 2 heterocycles. The van der Waals surface area contributed by atoms with Crippen molar-refractivity contribution in [2.45, 2.75) is 26.3 Å². The Morgan fingerprint density at radius 3 is 2.88 bits per heavy atom. The van der Waals surface area contributed by atoms with Crippen LogP contribution in [0.25, 0.3) is 5.65 Å². The lowest BCUT2D eigenvalue weighted by molar-refractivity contribution is 0.274. The van der Waals surface area contributed by atoms with E-state index in [1.165, 1.54) is 0 Å². The average Bonchev–Trinajstić information content (AvgIpc) is 2.61. The lowest BCUT2D eigenvalue weighted by Gasteiger charge is -2.09. The lowest BCUT2D eigenvalue weighted by Crippen LogP contribution is -2.16. The maximum Gasteiger partial charge on any atom is 0.164 e. The maximum atomic E-state index is 8.87. The van der Waals surface area contributed by atoms with Gasteiger partial charge in [0.1, 0.15) is 5.82 Å². The zero-order valence-electron chi connectivity index (χ0n) is 9.38. The van der Waals surface area contributed by atoms with E-state index in [0.29, 0.717) is 12.2 Å². The van der Waals surface area contributed by atoms with Crippen LogP contribution in [-0.4, -0.2) is 31.3 Å². The molecule has 0 aromatic carbocycles. The highest BCUT2D eigenvalue weighted by molar-refractivity contribution is 5.40. The van der Waals surface area contributed by atoms with Crippen molar-refractivity contribution >= 4 is 5.65 Å². The third-order valence-electron chi connectivity index (χ3n) is 2.48. The lowest BCUT2D eigenvalue weighted by atomic mass is 10.2. The van der Waals surface area contributed by atoms with Crippen LogP contribution in [0.1, 0.15) is 29.8 Å². The molecule has 0 spiro atoms. The molecule has 16 heavy (non-hydrogen) atoms. The summed E-state index contributed by atoms with van der Waals surface area (Å²) in [4.78, 5) is 4.34. The number of aromatic nitrogens is 4. The van der Waals surface area contributed by atoms with E-state index >= 15 is 0 Å². The van der Waals surface area contributed by atoms with Crippen LogP contribution in [0, 0.1) is 13.8 Å². The van der Waals surface area contributed by atoms with E-state index in [4.69, 9.17) is 10.8 Å². The molecule has 0 aliphatic carbocycles. The zero-order valence-corrected chi connectivity index (χ0v) is 9.38. The van der Waals surface area contributed by atoms with Crippen molar-refractivity contribution < 1.29 is 5.11 Å². The molecular formula is C10H15N5O. The van der Waals surface area contributed by atoms with Gasteiger partial charge in [0.05, 0.1) is 6.04 Å². The summed E-state index contributed by atoms with van der Waals surface area (Å²) in [6, 6.07) is 1.54. The topological polar surface area (TPSA) is 89.3 Å².